The monoisotopic (exact) mass is 279 g/mol. The normalized spacial score (nSPS) is 19.6. The zero-order valence-corrected chi connectivity index (χ0v) is 10.0. The van der Waals surface area contributed by atoms with Gasteiger partial charge in [-0.1, -0.05) is 11.6 Å². The van der Waals surface area contributed by atoms with Crippen molar-refractivity contribution in [3.05, 3.63) is 22.7 Å². The molecule has 0 saturated carbocycles. The van der Waals surface area contributed by atoms with Crippen molar-refractivity contribution in [2.24, 2.45) is 0 Å². The number of ether oxygens (including phenoxy) is 1. The second-order valence-electron chi connectivity index (χ2n) is 4.01. The molecule has 1 aromatic carbocycles. The zero-order valence-electron chi connectivity index (χ0n) is 9.27. The highest BCUT2D eigenvalue weighted by Gasteiger charge is 2.37. The molecule has 2 rings (SSSR count). The molecule has 98 valence electrons. The number of hydrogen-bond donors (Lipinski definition) is 1. The molecule has 0 saturated heterocycles. The number of halogens is 4. The molecule has 0 bridgehead atoms. The average Bonchev–Trinajstić information content (AvgIpc) is 2.32. The molecule has 1 aromatic rings. The van der Waals surface area contributed by atoms with Crippen molar-refractivity contribution < 1.29 is 22.7 Å². The number of alkyl halides is 3. The van der Waals surface area contributed by atoms with Crippen LogP contribution in [0, 0.1) is 0 Å². The van der Waals surface area contributed by atoms with Gasteiger partial charge in [-0.25, -0.2) is 0 Å². The van der Waals surface area contributed by atoms with E-state index in [0.29, 0.717) is 0 Å². The first kappa shape index (κ1) is 13.0. The van der Waals surface area contributed by atoms with Crippen molar-refractivity contribution in [1.82, 2.24) is 0 Å². The summed E-state index contributed by atoms with van der Waals surface area (Å²) in [5, 5.41) is 2.25. The summed E-state index contributed by atoms with van der Waals surface area (Å²) in [6.45, 7) is 1.53. The third-order valence-electron chi connectivity index (χ3n) is 2.43. The zero-order chi connectivity index (χ0) is 13.5. The van der Waals surface area contributed by atoms with E-state index in [1.165, 1.54) is 13.0 Å². The minimum absolute atomic E-state index is 0.0103. The molecule has 1 heterocycles. The van der Waals surface area contributed by atoms with E-state index in [9.17, 15) is 18.0 Å². The number of fused-ring (bicyclic) bond motifs is 1. The van der Waals surface area contributed by atoms with Crippen LogP contribution < -0.4 is 10.1 Å². The fourth-order valence-electron chi connectivity index (χ4n) is 1.73. The van der Waals surface area contributed by atoms with E-state index in [0.717, 1.165) is 6.07 Å². The summed E-state index contributed by atoms with van der Waals surface area (Å²) in [5.74, 6) is -0.790. The Morgan fingerprint density at radius 1 is 1.44 bits per heavy atom. The van der Waals surface area contributed by atoms with Crippen LogP contribution in [0.25, 0.3) is 0 Å². The van der Waals surface area contributed by atoms with Gasteiger partial charge in [-0.2, -0.15) is 13.2 Å². The number of carbonyl (C=O) groups excluding carboxylic acids is 1. The van der Waals surface area contributed by atoms with Gasteiger partial charge in [-0.3, -0.25) is 4.79 Å². The molecular weight excluding hydrogens is 271 g/mol. The van der Waals surface area contributed by atoms with E-state index in [1.807, 2.05) is 0 Å². The van der Waals surface area contributed by atoms with Gasteiger partial charge < -0.3 is 10.1 Å². The predicted octanol–water partition coefficient (Wildman–Crippen LogP) is 3.47. The van der Waals surface area contributed by atoms with Gasteiger partial charge in [0.05, 0.1) is 12.1 Å². The Kier molecular flexibility index (Phi) is 3.14. The molecule has 0 spiro atoms. The molecule has 0 aliphatic carbocycles. The fraction of sp³-hybridized carbons (Fsp3) is 0.364. The molecule has 18 heavy (non-hydrogen) atoms. The first-order valence-electron chi connectivity index (χ1n) is 5.14. The maximum Gasteiger partial charge on any atom is 0.420 e. The van der Waals surface area contributed by atoms with Gasteiger partial charge in [-0.15, -0.1) is 0 Å². The summed E-state index contributed by atoms with van der Waals surface area (Å²) in [4.78, 5) is 11.4. The number of nitrogens with one attached hydrogen (secondary N) is 1. The standard InChI is InChI=1S/C11H9ClF3NO2/c1-5-2-9(17)16-8-4-6(12)3-7(10(8)18-5)11(13,14)15/h3-5H,2H2,1H3,(H,16,17). The van der Waals surface area contributed by atoms with E-state index in [-0.39, 0.29) is 22.9 Å². The van der Waals surface area contributed by atoms with Crippen LogP contribution in [0.5, 0.6) is 5.75 Å². The lowest BCUT2D eigenvalue weighted by Gasteiger charge is -2.17. The topological polar surface area (TPSA) is 38.3 Å². The van der Waals surface area contributed by atoms with Gasteiger partial charge in [-0.05, 0) is 19.1 Å². The molecule has 3 nitrogen and oxygen atoms in total. The SMILES string of the molecule is CC1CC(=O)Nc2cc(Cl)cc(C(F)(F)F)c2O1. The predicted molar refractivity (Wildman–Crippen MR) is 59.8 cm³/mol. The van der Waals surface area contributed by atoms with Crippen LogP contribution in [0.15, 0.2) is 12.1 Å². The lowest BCUT2D eigenvalue weighted by atomic mass is 10.1. The number of benzene rings is 1. The third-order valence-corrected chi connectivity index (χ3v) is 2.64. The lowest BCUT2D eigenvalue weighted by molar-refractivity contribution is -0.139. The second-order valence-corrected chi connectivity index (χ2v) is 4.44. The van der Waals surface area contributed by atoms with Gasteiger partial charge in [0.15, 0.2) is 5.75 Å². The van der Waals surface area contributed by atoms with Crippen molar-refractivity contribution in [2.75, 3.05) is 5.32 Å². The van der Waals surface area contributed by atoms with Crippen molar-refractivity contribution in [3.63, 3.8) is 0 Å². The molecule has 1 aliphatic rings. The Morgan fingerprint density at radius 2 is 2.11 bits per heavy atom. The van der Waals surface area contributed by atoms with Crippen LogP contribution in [0.2, 0.25) is 5.02 Å². The van der Waals surface area contributed by atoms with E-state index in [2.05, 4.69) is 5.32 Å². The van der Waals surface area contributed by atoms with Crippen LogP contribution in [-0.4, -0.2) is 12.0 Å². The number of rotatable bonds is 0. The smallest absolute Gasteiger partial charge is 0.420 e. The fourth-order valence-corrected chi connectivity index (χ4v) is 1.95. The first-order valence-corrected chi connectivity index (χ1v) is 5.52. The highest BCUT2D eigenvalue weighted by Crippen LogP contribution is 2.44. The molecular formula is C11H9ClF3NO2. The summed E-state index contributed by atoms with van der Waals surface area (Å²) in [6, 6.07) is 2.02. The molecule has 1 N–H and O–H groups in total. The quantitative estimate of drug-likeness (QED) is 0.790. The first-order chi connectivity index (χ1) is 8.27. The van der Waals surface area contributed by atoms with Gasteiger partial charge in [0.2, 0.25) is 5.91 Å². The Hall–Kier alpha value is -1.43. The van der Waals surface area contributed by atoms with Crippen molar-refractivity contribution >= 4 is 23.2 Å². The molecule has 1 amide bonds. The number of anilines is 1. The number of hydrogen-bond acceptors (Lipinski definition) is 2. The Morgan fingerprint density at radius 3 is 2.72 bits per heavy atom. The maximum atomic E-state index is 12.9. The largest absolute Gasteiger partial charge is 0.487 e. The van der Waals surface area contributed by atoms with Crippen molar-refractivity contribution in [3.8, 4) is 5.75 Å². The third kappa shape index (κ3) is 2.53. The van der Waals surface area contributed by atoms with Crippen LogP contribution in [0.4, 0.5) is 18.9 Å². The summed E-state index contributed by atoms with van der Waals surface area (Å²) < 4.78 is 43.8. The molecule has 1 aliphatic heterocycles. The van der Waals surface area contributed by atoms with E-state index in [4.69, 9.17) is 16.3 Å². The maximum absolute atomic E-state index is 12.9. The molecule has 1 unspecified atom stereocenters. The summed E-state index contributed by atoms with van der Waals surface area (Å²) in [7, 11) is 0. The van der Waals surface area contributed by atoms with Crippen LogP contribution in [0.3, 0.4) is 0 Å². The van der Waals surface area contributed by atoms with Gasteiger partial charge in [0.25, 0.3) is 0 Å². The Bertz CT molecular complexity index is 502. The minimum atomic E-state index is -4.59. The summed E-state index contributed by atoms with van der Waals surface area (Å²) in [6.07, 6.45) is -5.23. The molecule has 0 fully saturated rings. The van der Waals surface area contributed by atoms with Gasteiger partial charge >= 0.3 is 6.18 Å². The van der Waals surface area contributed by atoms with E-state index >= 15 is 0 Å². The Labute approximate surface area is 106 Å². The number of amides is 1. The minimum Gasteiger partial charge on any atom is -0.487 e. The van der Waals surface area contributed by atoms with Crippen LogP contribution in [0.1, 0.15) is 18.9 Å². The molecule has 0 aromatic heterocycles. The lowest BCUT2D eigenvalue weighted by Crippen LogP contribution is -2.18. The Balaban J connectivity index is 2.61. The van der Waals surface area contributed by atoms with Gasteiger partial charge in [0.1, 0.15) is 11.7 Å². The summed E-state index contributed by atoms with van der Waals surface area (Å²) >= 11 is 5.62. The van der Waals surface area contributed by atoms with Crippen molar-refractivity contribution in [1.29, 1.82) is 0 Å². The van der Waals surface area contributed by atoms with E-state index < -0.39 is 23.8 Å². The average molecular weight is 280 g/mol. The second kappa shape index (κ2) is 4.35. The highest BCUT2D eigenvalue weighted by atomic mass is 35.5. The van der Waals surface area contributed by atoms with Crippen LogP contribution >= 0.6 is 11.6 Å². The molecule has 7 heteroatoms. The number of carbonyl (C=O) groups is 1. The summed E-state index contributed by atoms with van der Waals surface area (Å²) in [5.41, 5.74) is -1.04. The van der Waals surface area contributed by atoms with Crippen LogP contribution in [-0.2, 0) is 11.0 Å². The van der Waals surface area contributed by atoms with E-state index in [1.54, 1.807) is 0 Å². The highest BCUT2D eigenvalue weighted by molar-refractivity contribution is 6.31. The van der Waals surface area contributed by atoms with Crippen molar-refractivity contribution in [2.45, 2.75) is 25.6 Å². The molecule has 1 atom stereocenters. The molecule has 0 radical (unpaired) electrons. The van der Waals surface area contributed by atoms with Gasteiger partial charge in [0, 0.05) is 5.02 Å².